The second-order valence-electron chi connectivity index (χ2n) is 4.03. The topological polar surface area (TPSA) is 24.5 Å². The van der Waals surface area contributed by atoms with Gasteiger partial charge in [-0.1, -0.05) is 0 Å². The van der Waals surface area contributed by atoms with Crippen molar-refractivity contribution in [3.8, 4) is 0 Å². The van der Waals surface area contributed by atoms with Crippen molar-refractivity contribution in [2.75, 3.05) is 39.4 Å². The average molecular weight is 224 g/mol. The lowest BCUT2D eigenvalue weighted by molar-refractivity contribution is -0.199. The molecule has 2 saturated heterocycles. The standard InChI is InChI=1S/C9H15F3N2O/c10-9(11,12)7-5-13-1-2-14-3-4-15-6-8(7)14/h7-8,13H,1-6H2. The number of morpholine rings is 1. The first-order valence-electron chi connectivity index (χ1n) is 5.18. The lowest BCUT2D eigenvalue weighted by Gasteiger charge is -2.38. The number of halogens is 3. The van der Waals surface area contributed by atoms with E-state index in [4.69, 9.17) is 4.74 Å². The molecule has 2 heterocycles. The molecular formula is C9H15F3N2O. The van der Waals surface area contributed by atoms with E-state index in [2.05, 4.69) is 5.32 Å². The van der Waals surface area contributed by atoms with E-state index in [1.54, 1.807) is 0 Å². The van der Waals surface area contributed by atoms with Crippen molar-refractivity contribution in [1.29, 1.82) is 0 Å². The number of ether oxygens (including phenoxy) is 1. The van der Waals surface area contributed by atoms with Gasteiger partial charge in [0.05, 0.1) is 19.1 Å². The van der Waals surface area contributed by atoms with Gasteiger partial charge in [-0.15, -0.1) is 0 Å². The van der Waals surface area contributed by atoms with Gasteiger partial charge in [0.1, 0.15) is 0 Å². The molecule has 0 aromatic heterocycles. The minimum Gasteiger partial charge on any atom is -0.378 e. The molecule has 2 fully saturated rings. The van der Waals surface area contributed by atoms with Crippen molar-refractivity contribution < 1.29 is 17.9 Å². The number of fused-ring (bicyclic) bond motifs is 1. The van der Waals surface area contributed by atoms with Crippen molar-refractivity contribution in [2.24, 2.45) is 5.92 Å². The summed E-state index contributed by atoms with van der Waals surface area (Å²) < 4.78 is 43.5. The lowest BCUT2D eigenvalue weighted by atomic mass is 9.98. The summed E-state index contributed by atoms with van der Waals surface area (Å²) in [5.74, 6) is -1.31. The highest BCUT2D eigenvalue weighted by molar-refractivity contribution is 4.90. The molecule has 3 nitrogen and oxygen atoms in total. The second kappa shape index (κ2) is 4.27. The Kier molecular flexibility index (Phi) is 3.18. The third kappa shape index (κ3) is 2.43. The molecular weight excluding hydrogens is 209 g/mol. The van der Waals surface area contributed by atoms with Crippen LogP contribution >= 0.6 is 0 Å². The summed E-state index contributed by atoms with van der Waals surface area (Å²) in [4.78, 5) is 1.89. The van der Waals surface area contributed by atoms with Crippen LogP contribution in [-0.4, -0.2) is 56.5 Å². The number of nitrogens with one attached hydrogen (secondary N) is 1. The van der Waals surface area contributed by atoms with Crippen molar-refractivity contribution >= 4 is 0 Å². The predicted octanol–water partition coefficient (Wildman–Crippen LogP) is 0.469. The van der Waals surface area contributed by atoms with Crippen molar-refractivity contribution in [3.63, 3.8) is 0 Å². The molecule has 0 amide bonds. The molecule has 0 aromatic carbocycles. The van der Waals surface area contributed by atoms with E-state index in [0.29, 0.717) is 26.2 Å². The van der Waals surface area contributed by atoms with Gasteiger partial charge in [0, 0.05) is 32.2 Å². The Morgan fingerprint density at radius 1 is 1.27 bits per heavy atom. The van der Waals surface area contributed by atoms with Crippen LogP contribution in [0, 0.1) is 5.92 Å². The lowest BCUT2D eigenvalue weighted by Crippen LogP contribution is -2.53. The van der Waals surface area contributed by atoms with E-state index in [-0.39, 0.29) is 13.2 Å². The molecule has 0 radical (unpaired) electrons. The second-order valence-corrected chi connectivity index (χ2v) is 4.03. The molecule has 88 valence electrons. The monoisotopic (exact) mass is 224 g/mol. The zero-order valence-electron chi connectivity index (χ0n) is 8.39. The van der Waals surface area contributed by atoms with E-state index < -0.39 is 18.1 Å². The van der Waals surface area contributed by atoms with Gasteiger partial charge in [-0.3, -0.25) is 4.90 Å². The summed E-state index contributed by atoms with van der Waals surface area (Å²) in [6.45, 7) is 2.67. The first kappa shape index (κ1) is 11.2. The number of alkyl halides is 3. The molecule has 15 heavy (non-hydrogen) atoms. The average Bonchev–Trinajstić information content (AvgIpc) is 2.38. The molecule has 0 aromatic rings. The number of hydrogen-bond acceptors (Lipinski definition) is 3. The number of nitrogens with zero attached hydrogens (tertiary/aromatic N) is 1. The zero-order chi connectivity index (χ0) is 10.9. The van der Waals surface area contributed by atoms with Gasteiger partial charge in [0.2, 0.25) is 0 Å². The number of rotatable bonds is 0. The van der Waals surface area contributed by atoms with E-state index in [1.807, 2.05) is 4.90 Å². The Bertz CT molecular complexity index is 222. The molecule has 0 bridgehead atoms. The Hall–Kier alpha value is -0.330. The van der Waals surface area contributed by atoms with Crippen LogP contribution in [0.15, 0.2) is 0 Å². The van der Waals surface area contributed by atoms with Gasteiger partial charge >= 0.3 is 6.18 Å². The Balaban J connectivity index is 2.13. The Labute approximate surface area is 86.6 Å². The highest BCUT2D eigenvalue weighted by Crippen LogP contribution is 2.32. The first-order chi connectivity index (χ1) is 7.09. The van der Waals surface area contributed by atoms with Crippen LogP contribution in [0.5, 0.6) is 0 Å². The maximum Gasteiger partial charge on any atom is 0.394 e. The summed E-state index contributed by atoms with van der Waals surface area (Å²) in [6, 6.07) is -0.506. The smallest absolute Gasteiger partial charge is 0.378 e. The third-order valence-corrected chi connectivity index (χ3v) is 3.11. The molecule has 2 aliphatic heterocycles. The molecule has 6 heteroatoms. The fourth-order valence-electron chi connectivity index (χ4n) is 2.26. The van der Waals surface area contributed by atoms with E-state index in [0.717, 1.165) is 0 Å². The number of hydrogen-bond donors (Lipinski definition) is 1. The normalized spacial score (nSPS) is 34.6. The summed E-state index contributed by atoms with van der Waals surface area (Å²) >= 11 is 0. The van der Waals surface area contributed by atoms with Gasteiger partial charge in [0.15, 0.2) is 0 Å². The van der Waals surface area contributed by atoms with Gasteiger partial charge in [-0.25, -0.2) is 0 Å². The minimum atomic E-state index is -4.14. The first-order valence-corrected chi connectivity index (χ1v) is 5.18. The van der Waals surface area contributed by atoms with Gasteiger partial charge in [-0.2, -0.15) is 13.2 Å². The van der Waals surface area contributed by atoms with E-state index in [1.165, 1.54) is 0 Å². The summed E-state index contributed by atoms with van der Waals surface area (Å²) in [5, 5.41) is 2.84. The minimum absolute atomic E-state index is 0.00796. The van der Waals surface area contributed by atoms with Gasteiger partial charge < -0.3 is 10.1 Å². The fraction of sp³-hybridized carbons (Fsp3) is 1.00. The van der Waals surface area contributed by atoms with Crippen molar-refractivity contribution in [3.05, 3.63) is 0 Å². The van der Waals surface area contributed by atoms with Crippen molar-refractivity contribution in [2.45, 2.75) is 12.2 Å². The van der Waals surface area contributed by atoms with Crippen LogP contribution in [0.4, 0.5) is 13.2 Å². The van der Waals surface area contributed by atoms with Crippen LogP contribution < -0.4 is 5.32 Å². The predicted molar refractivity (Wildman–Crippen MR) is 48.6 cm³/mol. The molecule has 1 N–H and O–H groups in total. The molecule has 2 unspecified atom stereocenters. The maximum atomic E-state index is 12.8. The van der Waals surface area contributed by atoms with Crippen molar-refractivity contribution in [1.82, 2.24) is 10.2 Å². The SMILES string of the molecule is FC(F)(F)C1CNCCN2CCOCC12. The third-order valence-electron chi connectivity index (χ3n) is 3.11. The molecule has 2 rings (SSSR count). The van der Waals surface area contributed by atoms with E-state index in [9.17, 15) is 13.2 Å². The molecule has 2 atom stereocenters. The van der Waals surface area contributed by atoms with Crippen LogP contribution in [-0.2, 0) is 4.74 Å². The highest BCUT2D eigenvalue weighted by atomic mass is 19.4. The quantitative estimate of drug-likeness (QED) is 0.647. The Morgan fingerprint density at radius 3 is 2.80 bits per heavy atom. The molecule has 2 aliphatic rings. The highest BCUT2D eigenvalue weighted by Gasteiger charge is 2.47. The van der Waals surface area contributed by atoms with Crippen LogP contribution in [0.1, 0.15) is 0 Å². The largest absolute Gasteiger partial charge is 0.394 e. The van der Waals surface area contributed by atoms with Crippen LogP contribution in [0.3, 0.4) is 0 Å². The Morgan fingerprint density at radius 2 is 2.07 bits per heavy atom. The summed E-state index contributed by atoms with van der Waals surface area (Å²) in [5.41, 5.74) is 0. The maximum absolute atomic E-state index is 12.8. The molecule has 0 spiro atoms. The van der Waals surface area contributed by atoms with Gasteiger partial charge in [-0.05, 0) is 0 Å². The van der Waals surface area contributed by atoms with Crippen LogP contribution in [0.2, 0.25) is 0 Å². The molecule has 0 saturated carbocycles. The molecule has 0 aliphatic carbocycles. The summed E-state index contributed by atoms with van der Waals surface area (Å²) in [6.07, 6.45) is -4.14. The summed E-state index contributed by atoms with van der Waals surface area (Å²) in [7, 11) is 0. The van der Waals surface area contributed by atoms with E-state index >= 15 is 0 Å². The van der Waals surface area contributed by atoms with Gasteiger partial charge in [0.25, 0.3) is 0 Å². The van der Waals surface area contributed by atoms with Crippen LogP contribution in [0.25, 0.3) is 0 Å². The zero-order valence-corrected chi connectivity index (χ0v) is 8.39. The fourth-order valence-corrected chi connectivity index (χ4v) is 2.26.